The third-order valence-electron chi connectivity index (χ3n) is 4.12. The molecule has 0 amide bonds. The zero-order chi connectivity index (χ0) is 15.5. The van der Waals surface area contributed by atoms with E-state index in [9.17, 15) is 0 Å². The number of likely N-dealkylation sites (tertiary alicyclic amines) is 1. The predicted octanol–water partition coefficient (Wildman–Crippen LogP) is 1.23. The second kappa shape index (κ2) is 10.9. The van der Waals surface area contributed by atoms with Crippen molar-refractivity contribution >= 4 is 5.96 Å². The first kappa shape index (κ1) is 18.2. The maximum atomic E-state index is 4.27. The van der Waals surface area contributed by atoms with Crippen molar-refractivity contribution in [3.8, 4) is 0 Å². The Bertz CT molecular complexity index is 282. The minimum atomic E-state index is 0.921. The maximum Gasteiger partial charge on any atom is 0.190 e. The number of hydrogen-bond acceptors (Lipinski definition) is 3. The van der Waals surface area contributed by atoms with Crippen LogP contribution in [0.25, 0.3) is 0 Å². The summed E-state index contributed by atoms with van der Waals surface area (Å²) in [6.45, 7) is 9.21. The van der Waals surface area contributed by atoms with Gasteiger partial charge in [-0.3, -0.25) is 4.99 Å². The molecule has 0 spiro atoms. The van der Waals surface area contributed by atoms with Gasteiger partial charge in [-0.15, -0.1) is 0 Å². The molecule has 0 aromatic carbocycles. The normalized spacial score (nSPS) is 18.2. The van der Waals surface area contributed by atoms with Crippen LogP contribution in [0.15, 0.2) is 4.99 Å². The van der Waals surface area contributed by atoms with Crippen molar-refractivity contribution < 1.29 is 0 Å². The van der Waals surface area contributed by atoms with Crippen LogP contribution < -0.4 is 10.6 Å². The molecule has 0 atom stereocenters. The SMILES string of the molecule is CN=C(NCCCN(C)C)NCCCN1CCC(C)CC1. The highest BCUT2D eigenvalue weighted by Crippen LogP contribution is 2.15. The Hall–Kier alpha value is -0.810. The first-order valence-corrected chi connectivity index (χ1v) is 8.43. The van der Waals surface area contributed by atoms with Crippen molar-refractivity contribution in [3.05, 3.63) is 0 Å². The number of rotatable bonds is 8. The second-order valence-electron chi connectivity index (χ2n) is 6.46. The van der Waals surface area contributed by atoms with E-state index in [0.717, 1.165) is 37.9 Å². The molecule has 0 aromatic rings. The lowest BCUT2D eigenvalue weighted by Gasteiger charge is -2.30. The Balaban J connectivity index is 2.01. The van der Waals surface area contributed by atoms with Gasteiger partial charge in [0.15, 0.2) is 5.96 Å². The van der Waals surface area contributed by atoms with E-state index in [1.807, 2.05) is 7.05 Å². The summed E-state index contributed by atoms with van der Waals surface area (Å²) < 4.78 is 0. The Morgan fingerprint density at radius 2 is 1.76 bits per heavy atom. The van der Waals surface area contributed by atoms with Crippen LogP contribution in [-0.4, -0.2) is 76.2 Å². The number of aliphatic imine (C=N–C) groups is 1. The Labute approximate surface area is 131 Å². The highest BCUT2D eigenvalue weighted by molar-refractivity contribution is 5.79. The molecule has 1 heterocycles. The molecule has 1 fully saturated rings. The number of nitrogens with zero attached hydrogens (tertiary/aromatic N) is 3. The van der Waals surface area contributed by atoms with Gasteiger partial charge < -0.3 is 20.4 Å². The Morgan fingerprint density at radius 3 is 2.33 bits per heavy atom. The van der Waals surface area contributed by atoms with Crippen LogP contribution in [0.2, 0.25) is 0 Å². The van der Waals surface area contributed by atoms with Crippen molar-refractivity contribution in [1.29, 1.82) is 0 Å². The second-order valence-corrected chi connectivity index (χ2v) is 6.46. The fourth-order valence-electron chi connectivity index (χ4n) is 2.62. The van der Waals surface area contributed by atoms with Gasteiger partial charge in [0.25, 0.3) is 0 Å². The predicted molar refractivity (Wildman–Crippen MR) is 92.0 cm³/mol. The van der Waals surface area contributed by atoms with Crippen LogP contribution in [0.1, 0.15) is 32.6 Å². The quantitative estimate of drug-likeness (QED) is 0.402. The number of hydrogen-bond donors (Lipinski definition) is 2. The third-order valence-corrected chi connectivity index (χ3v) is 4.12. The summed E-state index contributed by atoms with van der Waals surface area (Å²) >= 11 is 0. The molecule has 0 radical (unpaired) electrons. The van der Waals surface area contributed by atoms with E-state index in [1.165, 1.54) is 38.9 Å². The van der Waals surface area contributed by atoms with Crippen LogP contribution in [0, 0.1) is 5.92 Å². The van der Waals surface area contributed by atoms with E-state index >= 15 is 0 Å². The zero-order valence-corrected chi connectivity index (χ0v) is 14.5. The average Bonchev–Trinajstić information content (AvgIpc) is 2.47. The minimum Gasteiger partial charge on any atom is -0.356 e. The molecular formula is C16H35N5. The third kappa shape index (κ3) is 8.94. The summed E-state index contributed by atoms with van der Waals surface area (Å²) in [5.74, 6) is 1.85. The molecule has 0 saturated carbocycles. The van der Waals surface area contributed by atoms with Gasteiger partial charge in [0, 0.05) is 20.1 Å². The summed E-state index contributed by atoms with van der Waals surface area (Å²) in [7, 11) is 6.05. The van der Waals surface area contributed by atoms with Gasteiger partial charge in [-0.25, -0.2) is 0 Å². The van der Waals surface area contributed by atoms with Crippen LogP contribution in [0.4, 0.5) is 0 Å². The van der Waals surface area contributed by atoms with Gasteiger partial charge in [-0.05, 0) is 71.9 Å². The summed E-state index contributed by atoms with van der Waals surface area (Å²) in [5.41, 5.74) is 0. The van der Waals surface area contributed by atoms with Crippen molar-refractivity contribution in [3.63, 3.8) is 0 Å². The van der Waals surface area contributed by atoms with Crippen molar-refractivity contribution in [1.82, 2.24) is 20.4 Å². The molecule has 0 aromatic heterocycles. The van der Waals surface area contributed by atoms with Crippen LogP contribution >= 0.6 is 0 Å². The zero-order valence-electron chi connectivity index (χ0n) is 14.5. The Morgan fingerprint density at radius 1 is 1.14 bits per heavy atom. The van der Waals surface area contributed by atoms with Gasteiger partial charge >= 0.3 is 0 Å². The van der Waals surface area contributed by atoms with Crippen molar-refractivity contribution in [2.45, 2.75) is 32.6 Å². The fraction of sp³-hybridized carbons (Fsp3) is 0.938. The summed E-state index contributed by atoms with van der Waals surface area (Å²) in [4.78, 5) is 9.06. The van der Waals surface area contributed by atoms with Gasteiger partial charge in [-0.1, -0.05) is 6.92 Å². The number of nitrogens with one attached hydrogen (secondary N) is 2. The maximum absolute atomic E-state index is 4.27. The largest absolute Gasteiger partial charge is 0.356 e. The number of piperidine rings is 1. The molecule has 1 aliphatic rings. The van der Waals surface area contributed by atoms with E-state index in [-0.39, 0.29) is 0 Å². The first-order valence-electron chi connectivity index (χ1n) is 8.43. The van der Waals surface area contributed by atoms with E-state index in [4.69, 9.17) is 0 Å². The molecule has 0 bridgehead atoms. The molecule has 1 rings (SSSR count). The summed E-state index contributed by atoms with van der Waals surface area (Å²) in [6.07, 6.45) is 5.05. The van der Waals surface area contributed by atoms with Crippen LogP contribution in [0.5, 0.6) is 0 Å². The number of guanidine groups is 1. The van der Waals surface area contributed by atoms with Gasteiger partial charge in [0.2, 0.25) is 0 Å². The molecule has 5 nitrogen and oxygen atoms in total. The van der Waals surface area contributed by atoms with Gasteiger partial charge in [0.1, 0.15) is 0 Å². The van der Waals surface area contributed by atoms with Crippen molar-refractivity contribution in [2.75, 3.05) is 60.4 Å². The molecule has 1 saturated heterocycles. The average molecular weight is 297 g/mol. The lowest BCUT2D eigenvalue weighted by atomic mass is 9.99. The highest BCUT2D eigenvalue weighted by atomic mass is 15.2. The molecule has 124 valence electrons. The summed E-state index contributed by atoms with van der Waals surface area (Å²) in [6, 6.07) is 0. The van der Waals surface area contributed by atoms with Gasteiger partial charge in [0.05, 0.1) is 0 Å². The standard InChI is InChI=1S/C16H35N5/c1-15-7-13-21(14-8-15)12-6-10-19-16(17-2)18-9-5-11-20(3)4/h15H,5-14H2,1-4H3,(H2,17,18,19). The van der Waals surface area contributed by atoms with Crippen LogP contribution in [0.3, 0.4) is 0 Å². The lowest BCUT2D eigenvalue weighted by molar-refractivity contribution is 0.191. The topological polar surface area (TPSA) is 42.9 Å². The molecule has 0 unspecified atom stereocenters. The Kier molecular flexibility index (Phi) is 9.42. The molecule has 0 aliphatic carbocycles. The first-order chi connectivity index (χ1) is 10.1. The monoisotopic (exact) mass is 297 g/mol. The van der Waals surface area contributed by atoms with Crippen LogP contribution in [-0.2, 0) is 0 Å². The highest BCUT2D eigenvalue weighted by Gasteiger charge is 2.14. The van der Waals surface area contributed by atoms with Crippen molar-refractivity contribution in [2.24, 2.45) is 10.9 Å². The minimum absolute atomic E-state index is 0.921. The molecular weight excluding hydrogens is 262 g/mol. The fourth-order valence-corrected chi connectivity index (χ4v) is 2.62. The molecule has 5 heteroatoms. The smallest absolute Gasteiger partial charge is 0.190 e. The molecule has 2 N–H and O–H groups in total. The molecule has 21 heavy (non-hydrogen) atoms. The van der Waals surface area contributed by atoms with E-state index < -0.39 is 0 Å². The van der Waals surface area contributed by atoms with E-state index in [1.54, 1.807) is 0 Å². The molecule has 1 aliphatic heterocycles. The van der Waals surface area contributed by atoms with Gasteiger partial charge in [-0.2, -0.15) is 0 Å². The lowest BCUT2D eigenvalue weighted by Crippen LogP contribution is -2.40. The van der Waals surface area contributed by atoms with E-state index in [2.05, 4.69) is 46.4 Å². The van der Waals surface area contributed by atoms with E-state index in [0.29, 0.717) is 0 Å². The summed E-state index contributed by atoms with van der Waals surface area (Å²) in [5, 5.41) is 6.77.